The van der Waals surface area contributed by atoms with Gasteiger partial charge < -0.3 is 19.7 Å². The lowest BCUT2D eigenvalue weighted by atomic mass is 10.1. The van der Waals surface area contributed by atoms with Crippen LogP contribution in [0.1, 0.15) is 38.6 Å². The van der Waals surface area contributed by atoms with Crippen LogP contribution in [0.4, 0.5) is 0 Å². The number of nitrogens with zero attached hydrogens (tertiary/aromatic N) is 4. The van der Waals surface area contributed by atoms with Crippen LogP contribution >= 0.6 is 0 Å². The third-order valence-electron chi connectivity index (χ3n) is 4.41. The van der Waals surface area contributed by atoms with Crippen LogP contribution in [0.25, 0.3) is 0 Å². The number of imidazole rings is 1. The monoisotopic (exact) mass is 293 g/mol. The molecular formula is C16H31N5. The van der Waals surface area contributed by atoms with E-state index in [0.29, 0.717) is 12.1 Å². The summed E-state index contributed by atoms with van der Waals surface area (Å²) in [6.07, 6.45) is 6.44. The number of aryl methyl sites for hydroxylation is 1. The third kappa shape index (κ3) is 4.05. The summed E-state index contributed by atoms with van der Waals surface area (Å²) in [4.78, 5) is 9.63. The molecule has 2 unspecified atom stereocenters. The highest BCUT2D eigenvalue weighted by molar-refractivity contribution is 5.05. The molecule has 1 saturated heterocycles. The fraction of sp³-hybridized carbons (Fsp3) is 0.812. The molecule has 1 aromatic rings. The first-order valence-electron chi connectivity index (χ1n) is 8.30. The van der Waals surface area contributed by atoms with E-state index in [1.807, 2.05) is 6.20 Å². The Kier molecular flexibility index (Phi) is 6.21. The van der Waals surface area contributed by atoms with Crippen molar-refractivity contribution in [3.63, 3.8) is 0 Å². The largest absolute Gasteiger partial charge is 0.334 e. The zero-order valence-corrected chi connectivity index (χ0v) is 14.0. The molecule has 21 heavy (non-hydrogen) atoms. The number of nitrogens with one attached hydrogen (secondary N) is 1. The first-order chi connectivity index (χ1) is 10.2. The zero-order valence-electron chi connectivity index (χ0n) is 14.0. The summed E-state index contributed by atoms with van der Waals surface area (Å²) < 4.78 is 2.31. The molecule has 1 N–H and O–H groups in total. The fourth-order valence-electron chi connectivity index (χ4n) is 3.31. The van der Waals surface area contributed by atoms with Gasteiger partial charge in [-0.15, -0.1) is 0 Å². The smallest absolute Gasteiger partial charge is 0.127 e. The average molecular weight is 293 g/mol. The normalized spacial score (nSPS) is 23.1. The van der Waals surface area contributed by atoms with Crippen LogP contribution < -0.4 is 5.32 Å². The lowest BCUT2D eigenvalue weighted by Gasteiger charge is -2.34. The second-order valence-electron chi connectivity index (χ2n) is 6.18. The van der Waals surface area contributed by atoms with Crippen molar-refractivity contribution in [2.24, 2.45) is 0 Å². The zero-order chi connectivity index (χ0) is 15.2. The lowest BCUT2D eigenvalue weighted by Crippen LogP contribution is -2.48. The Morgan fingerprint density at radius 1 is 1.33 bits per heavy atom. The predicted molar refractivity (Wildman–Crippen MR) is 87.5 cm³/mol. The van der Waals surface area contributed by atoms with Gasteiger partial charge in [-0.3, -0.25) is 0 Å². The lowest BCUT2D eigenvalue weighted by molar-refractivity contribution is 0.173. The van der Waals surface area contributed by atoms with Gasteiger partial charge in [-0.1, -0.05) is 13.8 Å². The molecule has 2 atom stereocenters. The van der Waals surface area contributed by atoms with E-state index in [2.05, 4.69) is 58.8 Å². The summed E-state index contributed by atoms with van der Waals surface area (Å²) in [6.45, 7) is 9.85. The van der Waals surface area contributed by atoms with Gasteiger partial charge >= 0.3 is 0 Å². The van der Waals surface area contributed by atoms with Gasteiger partial charge in [0.2, 0.25) is 0 Å². The van der Waals surface area contributed by atoms with Crippen LogP contribution in [0.2, 0.25) is 0 Å². The van der Waals surface area contributed by atoms with Crippen molar-refractivity contribution in [3.8, 4) is 0 Å². The maximum atomic E-state index is 4.67. The van der Waals surface area contributed by atoms with Gasteiger partial charge in [-0.2, -0.15) is 0 Å². The molecule has 5 heteroatoms. The fourth-order valence-corrected chi connectivity index (χ4v) is 3.31. The van der Waals surface area contributed by atoms with Crippen LogP contribution in [0.3, 0.4) is 0 Å². The number of likely N-dealkylation sites (N-methyl/N-ethyl adjacent to an activating group) is 3. The van der Waals surface area contributed by atoms with Crippen molar-refractivity contribution < 1.29 is 0 Å². The van der Waals surface area contributed by atoms with Gasteiger partial charge in [0.05, 0.1) is 6.04 Å². The minimum absolute atomic E-state index is 0.294. The Morgan fingerprint density at radius 3 is 2.86 bits per heavy atom. The Hall–Kier alpha value is -0.910. The number of rotatable bonds is 6. The molecule has 1 aliphatic heterocycles. The molecule has 2 rings (SSSR count). The predicted octanol–water partition coefficient (Wildman–Crippen LogP) is 1.58. The van der Waals surface area contributed by atoms with E-state index in [-0.39, 0.29) is 0 Å². The minimum Gasteiger partial charge on any atom is -0.334 e. The molecular weight excluding hydrogens is 262 g/mol. The molecule has 2 heterocycles. The number of aromatic nitrogens is 2. The molecule has 0 aromatic carbocycles. The maximum absolute atomic E-state index is 4.67. The Balaban J connectivity index is 2.25. The topological polar surface area (TPSA) is 36.3 Å². The van der Waals surface area contributed by atoms with E-state index < -0.39 is 0 Å². The van der Waals surface area contributed by atoms with Crippen molar-refractivity contribution in [2.75, 3.05) is 40.3 Å². The minimum atomic E-state index is 0.294. The molecule has 0 spiro atoms. The summed E-state index contributed by atoms with van der Waals surface area (Å²) >= 11 is 0. The summed E-state index contributed by atoms with van der Waals surface area (Å²) in [5.41, 5.74) is 0. The summed E-state index contributed by atoms with van der Waals surface area (Å²) in [6, 6.07) is 0.762. The van der Waals surface area contributed by atoms with Crippen LogP contribution in [-0.4, -0.2) is 65.7 Å². The highest BCUT2D eigenvalue weighted by Gasteiger charge is 2.31. The van der Waals surface area contributed by atoms with Crippen molar-refractivity contribution >= 4 is 0 Å². The quantitative estimate of drug-likeness (QED) is 0.864. The summed E-state index contributed by atoms with van der Waals surface area (Å²) in [5, 5.41) is 3.68. The average Bonchev–Trinajstić information content (AvgIpc) is 2.84. The molecule has 120 valence electrons. The van der Waals surface area contributed by atoms with Gasteiger partial charge in [-0.25, -0.2) is 4.98 Å². The molecule has 5 nitrogen and oxygen atoms in total. The standard InChI is InChI=1S/C16H31N5/c1-5-9-21-12-8-18-16(21)15(17-6-2)14-13-19(3)10-7-11-20(14)4/h8,12,14-15,17H,5-7,9-11,13H2,1-4H3. The summed E-state index contributed by atoms with van der Waals surface area (Å²) in [7, 11) is 4.48. The third-order valence-corrected chi connectivity index (χ3v) is 4.41. The first kappa shape index (κ1) is 16.5. The van der Waals surface area contributed by atoms with Crippen LogP contribution in [-0.2, 0) is 6.54 Å². The maximum Gasteiger partial charge on any atom is 0.127 e. The van der Waals surface area contributed by atoms with Gasteiger partial charge in [0.1, 0.15) is 5.82 Å². The van der Waals surface area contributed by atoms with Gasteiger partial charge in [0.15, 0.2) is 0 Å². The van der Waals surface area contributed by atoms with Gasteiger partial charge in [0, 0.05) is 31.5 Å². The molecule has 0 saturated carbocycles. The summed E-state index contributed by atoms with van der Waals surface area (Å²) in [5.74, 6) is 1.19. The van der Waals surface area contributed by atoms with E-state index >= 15 is 0 Å². The molecule has 1 aromatic heterocycles. The molecule has 0 bridgehead atoms. The molecule has 1 aliphatic rings. The van der Waals surface area contributed by atoms with E-state index in [1.165, 1.54) is 18.8 Å². The Labute approximate surface area is 129 Å². The Morgan fingerprint density at radius 2 is 2.14 bits per heavy atom. The molecule has 0 amide bonds. The van der Waals surface area contributed by atoms with E-state index in [4.69, 9.17) is 0 Å². The van der Waals surface area contributed by atoms with E-state index in [1.54, 1.807) is 0 Å². The Bertz CT molecular complexity index is 417. The van der Waals surface area contributed by atoms with Crippen molar-refractivity contribution in [1.29, 1.82) is 0 Å². The number of hydrogen-bond acceptors (Lipinski definition) is 4. The van der Waals surface area contributed by atoms with Crippen LogP contribution in [0.15, 0.2) is 12.4 Å². The second kappa shape index (κ2) is 7.92. The molecule has 0 radical (unpaired) electrons. The van der Waals surface area contributed by atoms with Gasteiger partial charge in [-0.05, 0) is 46.6 Å². The van der Waals surface area contributed by atoms with Crippen LogP contribution in [0, 0.1) is 0 Å². The highest BCUT2D eigenvalue weighted by Crippen LogP contribution is 2.22. The molecule has 0 aliphatic carbocycles. The van der Waals surface area contributed by atoms with Crippen molar-refractivity contribution in [1.82, 2.24) is 24.7 Å². The van der Waals surface area contributed by atoms with E-state index in [0.717, 1.165) is 32.6 Å². The molecule has 1 fully saturated rings. The van der Waals surface area contributed by atoms with Crippen molar-refractivity contribution in [3.05, 3.63) is 18.2 Å². The van der Waals surface area contributed by atoms with Crippen molar-refractivity contribution in [2.45, 2.75) is 45.3 Å². The number of hydrogen-bond donors (Lipinski definition) is 1. The second-order valence-corrected chi connectivity index (χ2v) is 6.18. The van der Waals surface area contributed by atoms with Gasteiger partial charge in [0.25, 0.3) is 0 Å². The SMILES string of the molecule is CCCn1ccnc1C(NCC)C1CN(C)CCCN1C. The first-order valence-corrected chi connectivity index (χ1v) is 8.30. The highest BCUT2D eigenvalue weighted by atomic mass is 15.3. The van der Waals surface area contributed by atoms with Crippen LogP contribution in [0.5, 0.6) is 0 Å². The van der Waals surface area contributed by atoms with E-state index in [9.17, 15) is 0 Å².